The van der Waals surface area contributed by atoms with Crippen LogP contribution in [0.3, 0.4) is 0 Å². The van der Waals surface area contributed by atoms with Crippen LogP contribution in [0.4, 0.5) is 0 Å². The van der Waals surface area contributed by atoms with Gasteiger partial charge in [-0.05, 0) is 24.5 Å². The molecule has 0 N–H and O–H groups in total. The summed E-state index contributed by atoms with van der Waals surface area (Å²) in [5.74, 6) is 0.439. The number of sulfone groups is 1. The smallest absolute Gasteiger partial charge is 0.203 e. The first-order valence-electron chi connectivity index (χ1n) is 5.38. The summed E-state index contributed by atoms with van der Waals surface area (Å²) in [5, 5.41) is 0. The maximum Gasteiger partial charge on any atom is 0.203 e. The van der Waals surface area contributed by atoms with E-state index in [-0.39, 0.29) is 5.92 Å². The molecule has 2 nitrogen and oxygen atoms in total. The molecule has 2 bridgehead atoms. The van der Waals surface area contributed by atoms with Crippen molar-refractivity contribution < 1.29 is 8.42 Å². The number of benzene rings is 1. The highest BCUT2D eigenvalue weighted by atomic mass is 32.2. The summed E-state index contributed by atoms with van der Waals surface area (Å²) >= 11 is 0. The van der Waals surface area contributed by atoms with E-state index >= 15 is 0 Å². The van der Waals surface area contributed by atoms with E-state index in [2.05, 4.69) is 6.08 Å². The molecule has 0 aliphatic heterocycles. The molecule has 3 heteroatoms. The highest BCUT2D eigenvalue weighted by Crippen LogP contribution is 2.42. The Morgan fingerprint density at radius 1 is 1.06 bits per heavy atom. The van der Waals surface area contributed by atoms with Crippen LogP contribution in [-0.4, -0.2) is 8.42 Å². The molecule has 2 aliphatic carbocycles. The number of hydrogen-bond donors (Lipinski definition) is 0. The molecule has 0 unspecified atom stereocenters. The lowest BCUT2D eigenvalue weighted by Crippen LogP contribution is -2.09. The first-order chi connectivity index (χ1) is 7.68. The lowest BCUT2D eigenvalue weighted by atomic mass is 10.2. The van der Waals surface area contributed by atoms with E-state index in [0.29, 0.717) is 15.7 Å². The van der Waals surface area contributed by atoms with Crippen molar-refractivity contribution in [1.82, 2.24) is 0 Å². The van der Waals surface area contributed by atoms with Gasteiger partial charge in [-0.3, -0.25) is 0 Å². The Morgan fingerprint density at radius 2 is 1.81 bits per heavy atom. The van der Waals surface area contributed by atoms with Gasteiger partial charge in [0, 0.05) is 5.92 Å². The van der Waals surface area contributed by atoms with Gasteiger partial charge in [-0.1, -0.05) is 36.4 Å². The van der Waals surface area contributed by atoms with E-state index in [1.165, 1.54) is 0 Å². The maximum atomic E-state index is 12.3. The van der Waals surface area contributed by atoms with E-state index in [4.69, 9.17) is 0 Å². The third-order valence-electron chi connectivity index (χ3n) is 3.22. The van der Waals surface area contributed by atoms with Crippen LogP contribution < -0.4 is 0 Å². The predicted octanol–water partition coefficient (Wildman–Crippen LogP) is 2.55. The average molecular weight is 232 g/mol. The molecule has 0 saturated heterocycles. The van der Waals surface area contributed by atoms with Crippen LogP contribution in [0.5, 0.6) is 0 Å². The van der Waals surface area contributed by atoms with Gasteiger partial charge < -0.3 is 0 Å². The quantitative estimate of drug-likeness (QED) is 0.734. The molecular weight excluding hydrogens is 220 g/mol. The van der Waals surface area contributed by atoms with Gasteiger partial charge in [0.2, 0.25) is 9.84 Å². The normalized spacial score (nSPS) is 27.1. The zero-order valence-electron chi connectivity index (χ0n) is 8.71. The van der Waals surface area contributed by atoms with Gasteiger partial charge in [0.05, 0.1) is 9.80 Å². The predicted molar refractivity (Wildman–Crippen MR) is 62.4 cm³/mol. The Morgan fingerprint density at radius 3 is 2.38 bits per heavy atom. The van der Waals surface area contributed by atoms with E-state index in [1.807, 2.05) is 18.2 Å². The van der Waals surface area contributed by atoms with Gasteiger partial charge in [-0.15, -0.1) is 0 Å². The van der Waals surface area contributed by atoms with Crippen molar-refractivity contribution in [3.63, 3.8) is 0 Å². The second-order valence-electron chi connectivity index (χ2n) is 4.28. The third-order valence-corrected chi connectivity index (χ3v) is 5.18. The van der Waals surface area contributed by atoms with Crippen molar-refractivity contribution >= 4 is 9.84 Å². The molecule has 16 heavy (non-hydrogen) atoms. The third kappa shape index (κ3) is 1.35. The Bertz CT molecular complexity index is 567. The summed E-state index contributed by atoms with van der Waals surface area (Å²) in [6.45, 7) is 0. The summed E-state index contributed by atoms with van der Waals surface area (Å²) in [7, 11) is -3.26. The molecule has 0 spiro atoms. The highest BCUT2D eigenvalue weighted by molar-refractivity contribution is 7.95. The molecule has 0 saturated carbocycles. The van der Waals surface area contributed by atoms with Crippen molar-refractivity contribution in [2.75, 3.05) is 0 Å². The molecule has 1 aromatic rings. The number of rotatable bonds is 2. The SMILES string of the molecule is O=S(=O)(C1=C[C@@H]2C=C[C@H]1C2)c1ccccc1. The van der Waals surface area contributed by atoms with Crippen molar-refractivity contribution in [2.24, 2.45) is 11.8 Å². The number of allylic oxidation sites excluding steroid dienone is 4. The monoisotopic (exact) mass is 232 g/mol. The van der Waals surface area contributed by atoms with Gasteiger partial charge >= 0.3 is 0 Å². The molecule has 0 fully saturated rings. The zero-order valence-corrected chi connectivity index (χ0v) is 9.52. The van der Waals surface area contributed by atoms with Gasteiger partial charge in [0.15, 0.2) is 0 Å². The molecule has 0 heterocycles. The molecule has 2 atom stereocenters. The summed E-state index contributed by atoms with van der Waals surface area (Å²) in [4.78, 5) is 0.994. The van der Waals surface area contributed by atoms with Crippen LogP contribution in [0.15, 0.2) is 58.4 Å². The minimum atomic E-state index is -3.26. The van der Waals surface area contributed by atoms with Crippen molar-refractivity contribution in [3.05, 3.63) is 53.5 Å². The summed E-state index contributed by atoms with van der Waals surface area (Å²) in [6, 6.07) is 8.67. The first-order valence-corrected chi connectivity index (χ1v) is 6.86. The maximum absolute atomic E-state index is 12.3. The average Bonchev–Trinajstić information content (AvgIpc) is 2.92. The minimum Gasteiger partial charge on any atom is -0.219 e. The van der Waals surface area contributed by atoms with Gasteiger partial charge in [0.1, 0.15) is 0 Å². The standard InChI is InChI=1S/C13H12O2S/c14-16(15,12-4-2-1-3-5-12)13-9-10-6-7-11(13)8-10/h1-7,9-11H,8H2/t10-,11+/m1/s1. The Hall–Kier alpha value is -1.35. The van der Waals surface area contributed by atoms with E-state index in [0.717, 1.165) is 6.42 Å². The van der Waals surface area contributed by atoms with Crippen molar-refractivity contribution in [2.45, 2.75) is 11.3 Å². The Labute approximate surface area is 95.2 Å². The van der Waals surface area contributed by atoms with Crippen LogP contribution in [0.25, 0.3) is 0 Å². The van der Waals surface area contributed by atoms with Gasteiger partial charge in [-0.25, -0.2) is 8.42 Å². The van der Waals surface area contributed by atoms with Crippen molar-refractivity contribution in [3.8, 4) is 0 Å². The lowest BCUT2D eigenvalue weighted by Gasteiger charge is -2.10. The lowest BCUT2D eigenvalue weighted by molar-refractivity contribution is 0.596. The summed E-state index contributed by atoms with van der Waals surface area (Å²) in [5.41, 5.74) is 0. The van der Waals surface area contributed by atoms with Gasteiger partial charge in [-0.2, -0.15) is 0 Å². The molecule has 3 rings (SSSR count). The number of hydrogen-bond acceptors (Lipinski definition) is 2. The summed E-state index contributed by atoms with van der Waals surface area (Å²) < 4.78 is 24.6. The fourth-order valence-electron chi connectivity index (χ4n) is 2.42. The minimum absolute atomic E-state index is 0.107. The largest absolute Gasteiger partial charge is 0.219 e. The second kappa shape index (κ2) is 3.32. The Kier molecular flexibility index (Phi) is 2.04. The molecular formula is C13H12O2S. The molecule has 1 aromatic carbocycles. The van der Waals surface area contributed by atoms with E-state index in [9.17, 15) is 8.42 Å². The Balaban J connectivity index is 2.05. The molecule has 0 amide bonds. The first kappa shape index (κ1) is 9.85. The number of fused-ring (bicyclic) bond motifs is 2. The molecule has 0 radical (unpaired) electrons. The van der Waals surface area contributed by atoms with Crippen LogP contribution >= 0.6 is 0 Å². The van der Waals surface area contributed by atoms with Crippen molar-refractivity contribution in [1.29, 1.82) is 0 Å². The van der Waals surface area contributed by atoms with Crippen LogP contribution in [0, 0.1) is 11.8 Å². The van der Waals surface area contributed by atoms with Crippen LogP contribution in [0.1, 0.15) is 6.42 Å². The van der Waals surface area contributed by atoms with Gasteiger partial charge in [0.25, 0.3) is 0 Å². The summed E-state index contributed by atoms with van der Waals surface area (Å²) in [6.07, 6.45) is 6.93. The van der Waals surface area contributed by atoms with E-state index < -0.39 is 9.84 Å². The van der Waals surface area contributed by atoms with E-state index in [1.54, 1.807) is 24.3 Å². The highest BCUT2D eigenvalue weighted by Gasteiger charge is 2.36. The molecule has 0 aromatic heterocycles. The molecule has 2 aliphatic rings. The van der Waals surface area contributed by atoms with Crippen LogP contribution in [0.2, 0.25) is 0 Å². The molecule has 82 valence electrons. The second-order valence-corrected chi connectivity index (χ2v) is 6.23. The fourth-order valence-corrected chi connectivity index (χ4v) is 4.14. The zero-order chi connectivity index (χ0) is 11.2. The topological polar surface area (TPSA) is 34.1 Å². The van der Waals surface area contributed by atoms with Crippen LogP contribution in [-0.2, 0) is 9.84 Å². The fraction of sp³-hybridized carbons (Fsp3) is 0.231.